The first-order valence-corrected chi connectivity index (χ1v) is 10.6. The number of carbonyl (C=O) groups excluding carboxylic acids is 2. The number of rotatable bonds is 8. The number of anilines is 3. The van der Waals surface area contributed by atoms with Crippen LogP contribution >= 0.6 is 11.8 Å². The van der Waals surface area contributed by atoms with Gasteiger partial charge in [0.1, 0.15) is 11.5 Å². The molecule has 10 nitrogen and oxygen atoms in total. The number of H-pyrrole nitrogens is 1. The molecule has 2 heterocycles. The normalized spacial score (nSPS) is 13.0. The topological polar surface area (TPSA) is 135 Å². The van der Waals surface area contributed by atoms with Crippen LogP contribution in [0.4, 0.5) is 17.5 Å². The summed E-state index contributed by atoms with van der Waals surface area (Å²) in [6, 6.07) is 9.04. The van der Waals surface area contributed by atoms with Crippen LogP contribution in [0.15, 0.2) is 40.4 Å². The zero-order chi connectivity index (χ0) is 21.8. The maximum Gasteiger partial charge on any atom is 0.356 e. The van der Waals surface area contributed by atoms with Crippen molar-refractivity contribution in [1.82, 2.24) is 25.1 Å². The molecule has 1 aliphatic rings. The lowest BCUT2D eigenvalue weighted by Crippen LogP contribution is -2.12. The Morgan fingerprint density at radius 3 is 2.68 bits per heavy atom. The van der Waals surface area contributed by atoms with Crippen molar-refractivity contribution in [2.75, 3.05) is 17.2 Å². The SMILES string of the molecule is CCOC(=O)c1cc(Nc2nc(C)nc(Sc3ccc(NC(=O)C4CC4)cc3)n2)n[nH]1. The van der Waals surface area contributed by atoms with Crippen molar-refractivity contribution in [1.29, 1.82) is 0 Å². The highest BCUT2D eigenvalue weighted by Gasteiger charge is 2.29. The summed E-state index contributed by atoms with van der Waals surface area (Å²) in [6.07, 6.45) is 1.94. The number of nitrogens with one attached hydrogen (secondary N) is 3. The molecule has 1 aliphatic carbocycles. The number of aryl methyl sites for hydroxylation is 1. The van der Waals surface area contributed by atoms with E-state index in [9.17, 15) is 9.59 Å². The first-order chi connectivity index (χ1) is 15.0. The van der Waals surface area contributed by atoms with Crippen molar-refractivity contribution < 1.29 is 14.3 Å². The first-order valence-electron chi connectivity index (χ1n) is 9.81. The summed E-state index contributed by atoms with van der Waals surface area (Å²) in [4.78, 5) is 37.6. The van der Waals surface area contributed by atoms with E-state index in [0.717, 1.165) is 23.4 Å². The van der Waals surface area contributed by atoms with E-state index in [1.54, 1.807) is 13.8 Å². The molecular weight excluding hydrogens is 418 g/mol. The molecule has 3 aromatic rings. The van der Waals surface area contributed by atoms with Gasteiger partial charge < -0.3 is 15.4 Å². The Hall–Kier alpha value is -3.47. The number of ether oxygens (including phenoxy) is 1. The van der Waals surface area contributed by atoms with Gasteiger partial charge in [-0.25, -0.2) is 9.78 Å². The lowest BCUT2D eigenvalue weighted by atomic mass is 10.3. The van der Waals surface area contributed by atoms with Crippen molar-refractivity contribution in [2.24, 2.45) is 5.92 Å². The Morgan fingerprint density at radius 1 is 1.19 bits per heavy atom. The van der Waals surface area contributed by atoms with Crippen molar-refractivity contribution in [3.63, 3.8) is 0 Å². The van der Waals surface area contributed by atoms with Crippen LogP contribution in [0.3, 0.4) is 0 Å². The minimum atomic E-state index is -0.483. The zero-order valence-corrected chi connectivity index (χ0v) is 17.8. The van der Waals surface area contributed by atoms with Gasteiger partial charge in [0.25, 0.3) is 0 Å². The molecule has 0 unspecified atom stereocenters. The molecule has 1 amide bonds. The highest BCUT2D eigenvalue weighted by Crippen LogP contribution is 2.31. The number of benzene rings is 1. The van der Waals surface area contributed by atoms with Crippen LogP contribution in [0, 0.1) is 12.8 Å². The Balaban J connectivity index is 1.41. The molecule has 0 aliphatic heterocycles. The summed E-state index contributed by atoms with van der Waals surface area (Å²) in [6.45, 7) is 3.78. The minimum Gasteiger partial charge on any atom is -0.461 e. The van der Waals surface area contributed by atoms with Crippen LogP contribution in [0.2, 0.25) is 0 Å². The number of amides is 1. The largest absolute Gasteiger partial charge is 0.461 e. The highest BCUT2D eigenvalue weighted by atomic mass is 32.2. The number of aromatic nitrogens is 5. The number of aromatic amines is 1. The lowest BCUT2D eigenvalue weighted by molar-refractivity contribution is -0.117. The van der Waals surface area contributed by atoms with Gasteiger partial charge in [0.05, 0.1) is 6.61 Å². The molecule has 2 aromatic heterocycles. The average molecular weight is 440 g/mol. The molecule has 0 radical (unpaired) electrons. The summed E-state index contributed by atoms with van der Waals surface area (Å²) in [5.41, 5.74) is 1.00. The van der Waals surface area contributed by atoms with Gasteiger partial charge in [0, 0.05) is 22.6 Å². The highest BCUT2D eigenvalue weighted by molar-refractivity contribution is 7.99. The lowest BCUT2D eigenvalue weighted by Gasteiger charge is -2.07. The predicted octanol–water partition coefficient (Wildman–Crippen LogP) is 3.32. The maximum absolute atomic E-state index is 11.9. The fourth-order valence-corrected chi connectivity index (χ4v) is 3.47. The Labute approximate surface area is 182 Å². The number of carbonyl (C=O) groups is 2. The fraction of sp³-hybridized carbons (Fsp3) is 0.300. The predicted molar refractivity (Wildman–Crippen MR) is 114 cm³/mol. The van der Waals surface area contributed by atoms with E-state index in [1.165, 1.54) is 17.8 Å². The maximum atomic E-state index is 11.9. The fourth-order valence-electron chi connectivity index (χ4n) is 2.67. The standard InChI is InChI=1S/C20H21N7O3S/c1-3-30-18(29)15-10-16(27-26-15)24-19-21-11(2)22-20(25-19)31-14-8-6-13(7-9-14)23-17(28)12-4-5-12/h6-10,12H,3-5H2,1-2H3,(H,23,28)(H2,21,22,24,25,26,27). The zero-order valence-electron chi connectivity index (χ0n) is 17.0. The third kappa shape index (κ3) is 5.57. The van der Waals surface area contributed by atoms with E-state index >= 15 is 0 Å². The quantitative estimate of drug-likeness (QED) is 0.452. The number of nitrogens with zero attached hydrogens (tertiary/aromatic N) is 4. The Kier molecular flexibility index (Phi) is 6.12. The van der Waals surface area contributed by atoms with Crippen LogP contribution in [0.1, 0.15) is 36.1 Å². The van der Waals surface area contributed by atoms with Crippen molar-refractivity contribution in [2.45, 2.75) is 36.7 Å². The third-order valence-electron chi connectivity index (χ3n) is 4.32. The van der Waals surface area contributed by atoms with Gasteiger partial charge >= 0.3 is 5.97 Å². The van der Waals surface area contributed by atoms with Gasteiger partial charge in [-0.1, -0.05) is 0 Å². The molecule has 160 valence electrons. The second-order valence-corrected chi connectivity index (χ2v) is 7.93. The van der Waals surface area contributed by atoms with Crippen LogP contribution in [-0.4, -0.2) is 43.6 Å². The van der Waals surface area contributed by atoms with Crippen LogP contribution in [-0.2, 0) is 9.53 Å². The summed E-state index contributed by atoms with van der Waals surface area (Å²) in [5, 5.41) is 13.0. The van der Waals surface area contributed by atoms with E-state index in [0.29, 0.717) is 22.7 Å². The summed E-state index contributed by atoms with van der Waals surface area (Å²) in [5.74, 6) is 0.993. The molecule has 1 saturated carbocycles. The summed E-state index contributed by atoms with van der Waals surface area (Å²) in [7, 11) is 0. The smallest absolute Gasteiger partial charge is 0.356 e. The molecule has 11 heteroatoms. The van der Waals surface area contributed by atoms with E-state index in [-0.39, 0.29) is 24.1 Å². The van der Waals surface area contributed by atoms with E-state index in [2.05, 4.69) is 35.8 Å². The molecule has 3 N–H and O–H groups in total. The molecule has 0 atom stereocenters. The van der Waals surface area contributed by atoms with Gasteiger partial charge in [-0.15, -0.1) is 0 Å². The molecule has 31 heavy (non-hydrogen) atoms. The van der Waals surface area contributed by atoms with Crippen LogP contribution < -0.4 is 10.6 Å². The van der Waals surface area contributed by atoms with Crippen molar-refractivity contribution in [3.8, 4) is 0 Å². The Bertz CT molecular complexity index is 1100. The molecule has 0 bridgehead atoms. The van der Waals surface area contributed by atoms with E-state index in [1.807, 2.05) is 24.3 Å². The number of hydrogen-bond donors (Lipinski definition) is 3. The second kappa shape index (κ2) is 9.13. The number of esters is 1. The van der Waals surface area contributed by atoms with Gasteiger partial charge in [-0.3, -0.25) is 9.89 Å². The first kappa shape index (κ1) is 20.8. The molecule has 0 spiro atoms. The summed E-state index contributed by atoms with van der Waals surface area (Å²) >= 11 is 1.37. The van der Waals surface area contributed by atoms with Crippen LogP contribution in [0.5, 0.6) is 0 Å². The summed E-state index contributed by atoms with van der Waals surface area (Å²) < 4.78 is 4.93. The van der Waals surface area contributed by atoms with Gasteiger partial charge in [-0.05, 0) is 62.7 Å². The number of hydrogen-bond acceptors (Lipinski definition) is 9. The van der Waals surface area contributed by atoms with Gasteiger partial charge in [0.15, 0.2) is 11.0 Å². The van der Waals surface area contributed by atoms with Crippen LogP contribution in [0.25, 0.3) is 0 Å². The molecule has 4 rings (SSSR count). The van der Waals surface area contributed by atoms with E-state index < -0.39 is 5.97 Å². The average Bonchev–Trinajstić information content (AvgIpc) is 3.49. The van der Waals surface area contributed by atoms with Crippen molar-refractivity contribution >= 4 is 41.1 Å². The van der Waals surface area contributed by atoms with Crippen molar-refractivity contribution in [3.05, 3.63) is 41.9 Å². The molecule has 1 fully saturated rings. The van der Waals surface area contributed by atoms with E-state index in [4.69, 9.17) is 4.74 Å². The second-order valence-electron chi connectivity index (χ2n) is 6.89. The molecular formula is C20H21N7O3S. The van der Waals surface area contributed by atoms with Gasteiger partial charge in [0.2, 0.25) is 11.9 Å². The Morgan fingerprint density at radius 2 is 1.97 bits per heavy atom. The van der Waals surface area contributed by atoms with Gasteiger partial charge in [-0.2, -0.15) is 15.1 Å². The molecule has 0 saturated heterocycles. The third-order valence-corrected chi connectivity index (χ3v) is 5.19. The monoisotopic (exact) mass is 439 g/mol. The molecule has 1 aromatic carbocycles. The minimum absolute atomic E-state index is 0.0775.